The molecule has 116 valence electrons. The van der Waals surface area contributed by atoms with Gasteiger partial charge in [0.2, 0.25) is 5.91 Å². The van der Waals surface area contributed by atoms with Crippen molar-refractivity contribution in [3.63, 3.8) is 0 Å². The van der Waals surface area contributed by atoms with Crippen LogP contribution in [-0.4, -0.2) is 60.5 Å². The number of amidine groups is 1. The largest absolute Gasteiger partial charge is 0.409 e. The lowest BCUT2D eigenvalue weighted by Gasteiger charge is -2.34. The highest BCUT2D eigenvalue weighted by atomic mass is 16.4. The molecule has 0 spiro atoms. The van der Waals surface area contributed by atoms with Crippen LogP contribution in [0.15, 0.2) is 5.16 Å². The number of carbonyl (C=O) groups is 1. The SMILES string of the molecule is CCC(CC)(C(=O)N(C)CC1CCN(C)C1)C(N)=NO. The fourth-order valence-electron chi connectivity index (χ4n) is 3.13. The molecule has 1 fully saturated rings. The van der Waals surface area contributed by atoms with Gasteiger partial charge in [-0.2, -0.15) is 0 Å². The van der Waals surface area contributed by atoms with Crippen molar-refractivity contribution in [3.05, 3.63) is 0 Å². The van der Waals surface area contributed by atoms with E-state index < -0.39 is 5.41 Å². The second-order valence-corrected chi connectivity index (χ2v) is 5.88. The van der Waals surface area contributed by atoms with Gasteiger partial charge < -0.3 is 20.7 Å². The van der Waals surface area contributed by atoms with Crippen LogP contribution in [0.25, 0.3) is 0 Å². The number of hydrogen-bond acceptors (Lipinski definition) is 4. The van der Waals surface area contributed by atoms with Crippen LogP contribution in [0.4, 0.5) is 0 Å². The minimum Gasteiger partial charge on any atom is -0.409 e. The molecule has 1 atom stereocenters. The Bertz CT molecular complexity index is 366. The van der Waals surface area contributed by atoms with Crippen LogP contribution >= 0.6 is 0 Å². The Morgan fingerprint density at radius 3 is 2.50 bits per heavy atom. The molecule has 6 nitrogen and oxygen atoms in total. The van der Waals surface area contributed by atoms with Gasteiger partial charge in [-0.1, -0.05) is 19.0 Å². The predicted molar refractivity (Wildman–Crippen MR) is 79.7 cm³/mol. The molecule has 1 heterocycles. The number of nitrogens with two attached hydrogens (primary N) is 1. The monoisotopic (exact) mass is 284 g/mol. The number of amides is 1. The third-order valence-corrected chi connectivity index (χ3v) is 4.58. The van der Waals surface area contributed by atoms with Crippen molar-refractivity contribution in [1.29, 1.82) is 0 Å². The highest BCUT2D eigenvalue weighted by Gasteiger charge is 2.42. The standard InChI is InChI=1S/C14H28N4O2/c1-5-14(6-2,12(15)16-20)13(19)18(4)10-11-7-8-17(3)9-11/h11,20H,5-10H2,1-4H3,(H2,15,16). The van der Waals surface area contributed by atoms with Crippen LogP contribution in [0.5, 0.6) is 0 Å². The first-order valence-corrected chi connectivity index (χ1v) is 7.33. The number of nitrogens with zero attached hydrogens (tertiary/aromatic N) is 3. The molecule has 0 bridgehead atoms. The average Bonchev–Trinajstić information content (AvgIpc) is 2.85. The number of carbonyl (C=O) groups excluding carboxylic acids is 1. The molecule has 0 saturated carbocycles. The minimum atomic E-state index is -0.881. The van der Waals surface area contributed by atoms with Gasteiger partial charge in [-0.15, -0.1) is 0 Å². The Hall–Kier alpha value is -1.30. The van der Waals surface area contributed by atoms with E-state index in [1.807, 2.05) is 20.9 Å². The van der Waals surface area contributed by atoms with Gasteiger partial charge in [-0.3, -0.25) is 4.79 Å². The molecule has 0 aromatic heterocycles. The molecule has 1 rings (SSSR count). The summed E-state index contributed by atoms with van der Waals surface area (Å²) in [6, 6.07) is 0. The Labute approximate surface area is 121 Å². The van der Waals surface area contributed by atoms with Gasteiger partial charge >= 0.3 is 0 Å². The summed E-state index contributed by atoms with van der Waals surface area (Å²) in [7, 11) is 3.91. The molecule has 1 unspecified atom stereocenters. The molecule has 0 aromatic rings. The molecule has 20 heavy (non-hydrogen) atoms. The second-order valence-electron chi connectivity index (χ2n) is 5.88. The molecule has 6 heteroatoms. The van der Waals surface area contributed by atoms with Crippen LogP contribution in [0.1, 0.15) is 33.1 Å². The first kappa shape index (κ1) is 16.8. The molecule has 3 N–H and O–H groups in total. The van der Waals surface area contributed by atoms with Gasteiger partial charge in [0.05, 0.1) is 0 Å². The first-order valence-electron chi connectivity index (χ1n) is 7.33. The van der Waals surface area contributed by atoms with Crippen LogP contribution in [-0.2, 0) is 4.79 Å². The van der Waals surface area contributed by atoms with Crippen LogP contribution in [0.2, 0.25) is 0 Å². The molecular weight excluding hydrogens is 256 g/mol. The Kier molecular flexibility index (Phi) is 5.80. The van der Waals surface area contributed by atoms with Crippen LogP contribution in [0, 0.1) is 11.3 Å². The van der Waals surface area contributed by atoms with E-state index in [2.05, 4.69) is 17.1 Å². The summed E-state index contributed by atoms with van der Waals surface area (Å²) in [5, 5.41) is 12.1. The highest BCUT2D eigenvalue weighted by molar-refractivity contribution is 6.06. The molecule has 1 aliphatic rings. The molecule has 0 radical (unpaired) electrons. The number of hydrogen-bond donors (Lipinski definition) is 2. The van der Waals surface area contributed by atoms with Crippen LogP contribution < -0.4 is 5.73 Å². The normalized spacial score (nSPS) is 21.2. The maximum atomic E-state index is 12.7. The summed E-state index contributed by atoms with van der Waals surface area (Å²) in [4.78, 5) is 16.8. The van der Waals surface area contributed by atoms with E-state index in [-0.39, 0.29) is 11.7 Å². The average molecular weight is 284 g/mol. The topological polar surface area (TPSA) is 82.2 Å². The Morgan fingerprint density at radius 1 is 1.50 bits per heavy atom. The summed E-state index contributed by atoms with van der Waals surface area (Å²) < 4.78 is 0. The summed E-state index contributed by atoms with van der Waals surface area (Å²) in [5.74, 6) is 0.475. The van der Waals surface area contributed by atoms with Gasteiger partial charge in [-0.05, 0) is 38.8 Å². The van der Waals surface area contributed by atoms with Crippen molar-refractivity contribution < 1.29 is 10.0 Å². The molecule has 1 saturated heterocycles. The minimum absolute atomic E-state index is 0.0166. The molecular formula is C14H28N4O2. The van der Waals surface area contributed by atoms with Gasteiger partial charge in [0.25, 0.3) is 0 Å². The predicted octanol–water partition coefficient (Wildman–Crippen LogP) is 0.949. The summed E-state index contributed by atoms with van der Waals surface area (Å²) in [5.41, 5.74) is 4.91. The van der Waals surface area contributed by atoms with Gasteiger partial charge in [-0.25, -0.2) is 0 Å². The van der Waals surface area contributed by atoms with E-state index in [0.717, 1.165) is 26.1 Å². The van der Waals surface area contributed by atoms with Gasteiger partial charge in [0, 0.05) is 20.1 Å². The fourth-order valence-corrected chi connectivity index (χ4v) is 3.13. The quantitative estimate of drug-likeness (QED) is 0.329. The van der Waals surface area contributed by atoms with E-state index in [1.165, 1.54) is 0 Å². The van der Waals surface area contributed by atoms with Crippen molar-refractivity contribution in [2.24, 2.45) is 22.2 Å². The van der Waals surface area contributed by atoms with Gasteiger partial charge in [0.1, 0.15) is 5.41 Å². The molecule has 0 aromatic carbocycles. The molecule has 0 aliphatic carbocycles. The zero-order valence-electron chi connectivity index (χ0n) is 13.1. The number of rotatable bonds is 6. The van der Waals surface area contributed by atoms with Crippen molar-refractivity contribution >= 4 is 11.7 Å². The smallest absolute Gasteiger partial charge is 0.236 e. The maximum Gasteiger partial charge on any atom is 0.236 e. The molecule has 1 amide bonds. The van der Waals surface area contributed by atoms with E-state index in [9.17, 15) is 4.79 Å². The third-order valence-electron chi connectivity index (χ3n) is 4.58. The molecule has 1 aliphatic heterocycles. The Morgan fingerprint density at radius 2 is 2.10 bits per heavy atom. The van der Waals surface area contributed by atoms with E-state index in [4.69, 9.17) is 10.9 Å². The summed E-state index contributed by atoms with van der Waals surface area (Å²) in [6.07, 6.45) is 2.18. The lowest BCUT2D eigenvalue weighted by Crippen LogP contribution is -2.50. The number of likely N-dealkylation sites (tertiary alicyclic amines) is 1. The van der Waals surface area contributed by atoms with Gasteiger partial charge in [0.15, 0.2) is 5.84 Å². The zero-order chi connectivity index (χ0) is 15.3. The van der Waals surface area contributed by atoms with Crippen molar-refractivity contribution in [3.8, 4) is 0 Å². The lowest BCUT2D eigenvalue weighted by atomic mass is 9.79. The van der Waals surface area contributed by atoms with E-state index >= 15 is 0 Å². The summed E-state index contributed by atoms with van der Waals surface area (Å²) in [6.45, 7) is 6.63. The number of oxime groups is 1. The van der Waals surface area contributed by atoms with Crippen molar-refractivity contribution in [2.45, 2.75) is 33.1 Å². The first-order chi connectivity index (χ1) is 9.41. The fraction of sp³-hybridized carbons (Fsp3) is 0.857. The van der Waals surface area contributed by atoms with E-state index in [1.54, 1.807) is 4.90 Å². The van der Waals surface area contributed by atoms with Crippen molar-refractivity contribution in [1.82, 2.24) is 9.80 Å². The van der Waals surface area contributed by atoms with E-state index in [0.29, 0.717) is 18.8 Å². The highest BCUT2D eigenvalue weighted by Crippen LogP contribution is 2.30. The third kappa shape index (κ3) is 3.23. The maximum absolute atomic E-state index is 12.7. The van der Waals surface area contributed by atoms with Crippen molar-refractivity contribution in [2.75, 3.05) is 33.7 Å². The summed E-state index contributed by atoms with van der Waals surface area (Å²) >= 11 is 0. The zero-order valence-corrected chi connectivity index (χ0v) is 13.1. The lowest BCUT2D eigenvalue weighted by molar-refractivity contribution is -0.138. The Balaban J connectivity index is 2.79. The van der Waals surface area contributed by atoms with Crippen LogP contribution in [0.3, 0.4) is 0 Å². The second kappa shape index (κ2) is 6.92.